The lowest BCUT2D eigenvalue weighted by atomic mass is 10.1. The molecular formula is C17H17Cl2N3O3. The van der Waals surface area contributed by atoms with E-state index in [1.807, 2.05) is 0 Å². The van der Waals surface area contributed by atoms with Gasteiger partial charge in [0, 0.05) is 16.2 Å². The summed E-state index contributed by atoms with van der Waals surface area (Å²) >= 11 is 12.0. The van der Waals surface area contributed by atoms with Crippen molar-refractivity contribution < 1.29 is 14.3 Å². The summed E-state index contributed by atoms with van der Waals surface area (Å²) in [5.74, 6) is -1.17. The number of halogens is 2. The Labute approximate surface area is 155 Å². The number of nitrogens with one attached hydrogen (secondary N) is 1. The fourth-order valence-corrected chi connectivity index (χ4v) is 2.61. The van der Waals surface area contributed by atoms with Crippen LogP contribution in [-0.4, -0.2) is 27.9 Å². The van der Waals surface area contributed by atoms with E-state index in [0.717, 1.165) is 0 Å². The summed E-state index contributed by atoms with van der Waals surface area (Å²) in [4.78, 5) is 32.1. The van der Waals surface area contributed by atoms with Gasteiger partial charge in [-0.3, -0.25) is 9.78 Å². The largest absolute Gasteiger partial charge is 0.448 e. The number of carbonyl (C=O) groups is 2. The van der Waals surface area contributed by atoms with E-state index in [-0.39, 0.29) is 11.7 Å². The lowest BCUT2D eigenvalue weighted by Gasteiger charge is -2.19. The first kappa shape index (κ1) is 19.1. The highest BCUT2D eigenvalue weighted by molar-refractivity contribution is 6.35. The first-order valence-electron chi connectivity index (χ1n) is 7.53. The molecule has 2 rings (SSSR count). The zero-order chi connectivity index (χ0) is 18.6. The molecule has 132 valence electrons. The van der Waals surface area contributed by atoms with Crippen LogP contribution >= 0.6 is 23.2 Å². The molecule has 0 fully saturated rings. The van der Waals surface area contributed by atoms with Crippen molar-refractivity contribution in [1.82, 2.24) is 15.3 Å². The number of aromatic nitrogens is 2. The van der Waals surface area contributed by atoms with Crippen LogP contribution in [0.15, 0.2) is 30.6 Å². The van der Waals surface area contributed by atoms with Crippen molar-refractivity contribution in [3.63, 3.8) is 0 Å². The van der Waals surface area contributed by atoms with Gasteiger partial charge in [0.25, 0.3) is 5.91 Å². The van der Waals surface area contributed by atoms with E-state index in [4.69, 9.17) is 27.9 Å². The van der Waals surface area contributed by atoms with Crippen LogP contribution in [-0.2, 0) is 9.53 Å². The first-order valence-corrected chi connectivity index (χ1v) is 8.28. The third-order valence-electron chi connectivity index (χ3n) is 3.43. The van der Waals surface area contributed by atoms with Crippen LogP contribution in [0.1, 0.15) is 41.6 Å². The van der Waals surface area contributed by atoms with Crippen LogP contribution in [0.4, 0.5) is 0 Å². The van der Waals surface area contributed by atoms with Crippen LogP contribution in [0.2, 0.25) is 10.0 Å². The lowest BCUT2D eigenvalue weighted by Crippen LogP contribution is -2.37. The molecule has 1 heterocycles. The van der Waals surface area contributed by atoms with E-state index in [9.17, 15) is 9.59 Å². The third-order valence-corrected chi connectivity index (χ3v) is 3.99. The summed E-state index contributed by atoms with van der Waals surface area (Å²) in [6.07, 6.45) is 1.76. The maximum Gasteiger partial charge on any atom is 0.359 e. The summed E-state index contributed by atoms with van der Waals surface area (Å²) in [5.41, 5.74) is 1.43. The number of esters is 1. The molecule has 2 atom stereocenters. The first-order chi connectivity index (χ1) is 11.8. The molecule has 0 saturated carbocycles. The van der Waals surface area contributed by atoms with E-state index in [1.54, 1.807) is 32.0 Å². The zero-order valence-electron chi connectivity index (χ0n) is 13.9. The van der Waals surface area contributed by atoms with Crippen LogP contribution in [0.25, 0.3) is 0 Å². The Morgan fingerprint density at radius 1 is 1.16 bits per heavy atom. The van der Waals surface area contributed by atoms with Crippen molar-refractivity contribution in [2.24, 2.45) is 0 Å². The molecule has 2 aromatic rings. The van der Waals surface area contributed by atoms with Gasteiger partial charge in [-0.25, -0.2) is 9.78 Å². The lowest BCUT2D eigenvalue weighted by molar-refractivity contribution is -0.129. The zero-order valence-corrected chi connectivity index (χ0v) is 15.4. The second-order valence-corrected chi connectivity index (χ2v) is 6.33. The number of amides is 1. The van der Waals surface area contributed by atoms with Gasteiger partial charge >= 0.3 is 5.97 Å². The molecule has 1 aromatic carbocycles. The highest BCUT2D eigenvalue weighted by Gasteiger charge is 2.22. The molecule has 2 unspecified atom stereocenters. The molecule has 1 amide bonds. The highest BCUT2D eigenvalue weighted by Crippen LogP contribution is 2.26. The Bertz CT molecular complexity index is 781. The van der Waals surface area contributed by atoms with Gasteiger partial charge in [-0.15, -0.1) is 0 Å². The number of ether oxygens (including phenoxy) is 1. The summed E-state index contributed by atoms with van der Waals surface area (Å²) in [6.45, 7) is 5.00. The van der Waals surface area contributed by atoms with Gasteiger partial charge in [0.15, 0.2) is 11.8 Å². The summed E-state index contributed by atoms with van der Waals surface area (Å²) in [7, 11) is 0. The predicted octanol–water partition coefficient (Wildman–Crippen LogP) is 3.51. The minimum Gasteiger partial charge on any atom is -0.448 e. The van der Waals surface area contributed by atoms with Gasteiger partial charge in [-0.2, -0.15) is 0 Å². The fraction of sp³-hybridized carbons (Fsp3) is 0.294. The second-order valence-electron chi connectivity index (χ2n) is 5.49. The summed E-state index contributed by atoms with van der Waals surface area (Å²) < 4.78 is 5.12. The maximum absolute atomic E-state index is 12.2. The molecule has 8 heteroatoms. The van der Waals surface area contributed by atoms with Gasteiger partial charge in [0.1, 0.15) is 0 Å². The molecule has 0 radical (unpaired) electrons. The smallest absolute Gasteiger partial charge is 0.359 e. The summed E-state index contributed by atoms with van der Waals surface area (Å²) in [5, 5.41) is 3.69. The van der Waals surface area contributed by atoms with Crippen molar-refractivity contribution in [3.05, 3.63) is 57.6 Å². The Hall–Kier alpha value is -2.18. The standard InChI is InChI=1S/C17H17Cl2N3O3/c1-9-7-21-15(8-20-9)17(24)25-11(3)16(23)22-10(2)13-5-4-12(18)6-14(13)19/h4-8,10-11H,1-3H3,(H,22,23). The Morgan fingerprint density at radius 3 is 2.48 bits per heavy atom. The van der Waals surface area contributed by atoms with E-state index in [2.05, 4.69) is 15.3 Å². The number of hydrogen-bond donors (Lipinski definition) is 1. The predicted molar refractivity (Wildman–Crippen MR) is 94.7 cm³/mol. The topological polar surface area (TPSA) is 81.2 Å². The van der Waals surface area contributed by atoms with Crippen LogP contribution in [0, 0.1) is 6.92 Å². The average molecular weight is 382 g/mol. The highest BCUT2D eigenvalue weighted by atomic mass is 35.5. The van der Waals surface area contributed by atoms with Crippen molar-refractivity contribution >= 4 is 35.1 Å². The van der Waals surface area contributed by atoms with Crippen molar-refractivity contribution in [2.45, 2.75) is 32.9 Å². The summed E-state index contributed by atoms with van der Waals surface area (Å²) in [6, 6.07) is 4.64. The van der Waals surface area contributed by atoms with Crippen molar-refractivity contribution in [2.75, 3.05) is 0 Å². The van der Waals surface area contributed by atoms with Gasteiger partial charge in [0.05, 0.1) is 17.9 Å². The van der Waals surface area contributed by atoms with Gasteiger partial charge in [-0.05, 0) is 38.5 Å². The van der Waals surface area contributed by atoms with Gasteiger partial charge in [0.2, 0.25) is 0 Å². The number of rotatable bonds is 5. The quantitative estimate of drug-likeness (QED) is 0.801. The molecule has 6 nitrogen and oxygen atoms in total. The molecule has 0 saturated heterocycles. The molecule has 0 spiro atoms. The van der Waals surface area contributed by atoms with Crippen LogP contribution < -0.4 is 5.32 Å². The fourth-order valence-electron chi connectivity index (χ4n) is 2.03. The third kappa shape index (κ3) is 5.14. The molecular weight excluding hydrogens is 365 g/mol. The van der Waals surface area contributed by atoms with Gasteiger partial charge < -0.3 is 10.1 Å². The number of benzene rings is 1. The number of carbonyl (C=O) groups excluding carboxylic acids is 2. The average Bonchev–Trinajstić information content (AvgIpc) is 2.55. The van der Waals surface area contributed by atoms with Crippen molar-refractivity contribution in [3.8, 4) is 0 Å². The minimum atomic E-state index is -0.996. The number of hydrogen-bond acceptors (Lipinski definition) is 5. The molecule has 0 aliphatic heterocycles. The van der Waals surface area contributed by atoms with Gasteiger partial charge in [-0.1, -0.05) is 29.3 Å². The Morgan fingerprint density at radius 2 is 1.88 bits per heavy atom. The van der Waals surface area contributed by atoms with E-state index in [0.29, 0.717) is 21.3 Å². The van der Waals surface area contributed by atoms with E-state index >= 15 is 0 Å². The second kappa shape index (κ2) is 8.27. The number of nitrogens with zero attached hydrogens (tertiary/aromatic N) is 2. The Kier molecular flexibility index (Phi) is 6.33. The van der Waals surface area contributed by atoms with E-state index < -0.39 is 18.0 Å². The SMILES string of the molecule is Cc1cnc(C(=O)OC(C)C(=O)NC(C)c2ccc(Cl)cc2Cl)cn1. The molecule has 1 aromatic heterocycles. The Balaban J connectivity index is 1.97. The van der Waals surface area contributed by atoms with Crippen molar-refractivity contribution in [1.29, 1.82) is 0 Å². The molecule has 25 heavy (non-hydrogen) atoms. The monoisotopic (exact) mass is 381 g/mol. The maximum atomic E-state index is 12.2. The van der Waals surface area contributed by atoms with Crippen LogP contribution in [0.5, 0.6) is 0 Å². The van der Waals surface area contributed by atoms with Crippen LogP contribution in [0.3, 0.4) is 0 Å². The molecule has 0 bridgehead atoms. The molecule has 1 N–H and O–H groups in total. The molecule has 0 aliphatic carbocycles. The number of aryl methyl sites for hydroxylation is 1. The minimum absolute atomic E-state index is 0.0408. The normalized spacial score (nSPS) is 13.0. The van der Waals surface area contributed by atoms with E-state index in [1.165, 1.54) is 19.3 Å². The molecule has 0 aliphatic rings.